The summed E-state index contributed by atoms with van der Waals surface area (Å²) in [6.07, 6.45) is 5.53. The van der Waals surface area contributed by atoms with Gasteiger partial charge in [-0.3, -0.25) is 9.59 Å². The number of carboxylic acids is 1. The van der Waals surface area contributed by atoms with E-state index < -0.39 is 18.2 Å². The van der Waals surface area contributed by atoms with Crippen LogP contribution in [0.5, 0.6) is 0 Å². The number of esters is 2. The third-order valence-corrected chi connectivity index (χ3v) is 7.23. The Bertz CT molecular complexity index is 762. The zero-order chi connectivity index (χ0) is 22.9. The highest BCUT2D eigenvalue weighted by molar-refractivity contribution is 5.80. The van der Waals surface area contributed by atoms with Crippen molar-refractivity contribution in [1.29, 1.82) is 0 Å². The minimum absolute atomic E-state index is 0.164. The molecule has 30 heavy (non-hydrogen) atoms. The number of hydrogen-bond acceptors (Lipinski definition) is 5. The van der Waals surface area contributed by atoms with Crippen LogP contribution >= 0.6 is 0 Å². The van der Waals surface area contributed by atoms with Crippen LogP contribution in [0, 0.1) is 22.7 Å². The molecule has 1 saturated carbocycles. The van der Waals surface area contributed by atoms with Crippen LogP contribution in [0.4, 0.5) is 0 Å². The van der Waals surface area contributed by atoms with Crippen LogP contribution in [0.25, 0.3) is 0 Å². The van der Waals surface area contributed by atoms with Gasteiger partial charge < -0.3 is 14.6 Å². The normalized spacial score (nSPS) is 33.2. The molecule has 0 amide bonds. The molecular weight excluding hydrogens is 384 g/mol. The van der Waals surface area contributed by atoms with E-state index in [1.54, 1.807) is 0 Å². The molecule has 2 aliphatic rings. The van der Waals surface area contributed by atoms with E-state index in [2.05, 4.69) is 33.8 Å². The Morgan fingerprint density at radius 2 is 1.73 bits per heavy atom. The van der Waals surface area contributed by atoms with E-state index in [0.29, 0.717) is 12.8 Å². The van der Waals surface area contributed by atoms with Crippen molar-refractivity contribution < 1.29 is 29.0 Å². The van der Waals surface area contributed by atoms with Crippen molar-refractivity contribution in [2.75, 3.05) is 0 Å². The number of ether oxygens (including phenoxy) is 2. The van der Waals surface area contributed by atoms with E-state index in [1.165, 1.54) is 25.5 Å². The van der Waals surface area contributed by atoms with Gasteiger partial charge in [0.2, 0.25) is 0 Å². The Morgan fingerprint density at radius 1 is 1.13 bits per heavy atom. The van der Waals surface area contributed by atoms with Gasteiger partial charge in [0.1, 0.15) is 12.2 Å². The first-order valence-corrected chi connectivity index (χ1v) is 10.7. The van der Waals surface area contributed by atoms with Gasteiger partial charge in [0, 0.05) is 25.3 Å². The number of carboxylic acid groups (broad SMARTS) is 1. The van der Waals surface area contributed by atoms with Crippen LogP contribution in [0.2, 0.25) is 0 Å². The molecule has 168 valence electrons. The SMILES string of the molecule is CC(=O)O[C@H]1C[C@@]2(C)[C@H](CC/C(C)=C/C(=O)O)C(C)=CC[C@@H]2C(C)(C)[C@H]1OC(C)=O. The number of allylic oxidation sites excluding steroid dienone is 3. The Kier molecular flexibility index (Phi) is 7.20. The van der Waals surface area contributed by atoms with Crippen LogP contribution < -0.4 is 0 Å². The van der Waals surface area contributed by atoms with Gasteiger partial charge in [-0.2, -0.15) is 0 Å². The molecule has 6 heteroatoms. The van der Waals surface area contributed by atoms with E-state index >= 15 is 0 Å². The number of rotatable bonds is 6. The lowest BCUT2D eigenvalue weighted by molar-refractivity contribution is -0.212. The smallest absolute Gasteiger partial charge is 0.328 e. The average Bonchev–Trinajstić information content (AvgIpc) is 2.56. The summed E-state index contributed by atoms with van der Waals surface area (Å²) in [6, 6.07) is 0. The van der Waals surface area contributed by atoms with Crippen LogP contribution in [0.15, 0.2) is 23.3 Å². The summed E-state index contributed by atoms with van der Waals surface area (Å²) in [6.45, 7) is 13.2. The number of fused-ring (bicyclic) bond motifs is 1. The average molecular weight is 421 g/mol. The fourth-order valence-electron chi connectivity index (χ4n) is 6.07. The minimum atomic E-state index is -0.926. The summed E-state index contributed by atoms with van der Waals surface area (Å²) in [5.74, 6) is -1.22. The predicted molar refractivity (Wildman–Crippen MR) is 114 cm³/mol. The zero-order valence-electron chi connectivity index (χ0n) is 19.3. The summed E-state index contributed by atoms with van der Waals surface area (Å²) < 4.78 is 11.4. The van der Waals surface area contributed by atoms with Crippen molar-refractivity contribution in [2.45, 2.75) is 86.4 Å². The second kappa shape index (κ2) is 8.94. The molecule has 0 bridgehead atoms. The molecule has 0 aliphatic heterocycles. The van der Waals surface area contributed by atoms with Gasteiger partial charge in [0.25, 0.3) is 0 Å². The van der Waals surface area contributed by atoms with Gasteiger partial charge in [-0.25, -0.2) is 4.79 Å². The molecule has 1 N–H and O–H groups in total. The summed E-state index contributed by atoms with van der Waals surface area (Å²) in [4.78, 5) is 34.7. The third-order valence-electron chi connectivity index (χ3n) is 7.23. The van der Waals surface area contributed by atoms with Gasteiger partial charge in [-0.1, -0.05) is 38.0 Å². The van der Waals surface area contributed by atoms with Crippen molar-refractivity contribution in [1.82, 2.24) is 0 Å². The molecular formula is C24H36O6. The lowest BCUT2D eigenvalue weighted by Gasteiger charge is -2.60. The zero-order valence-corrected chi connectivity index (χ0v) is 19.3. The quantitative estimate of drug-likeness (QED) is 0.381. The molecule has 0 unspecified atom stereocenters. The highest BCUT2D eigenvalue weighted by atomic mass is 16.6. The third kappa shape index (κ3) is 4.96. The summed E-state index contributed by atoms with van der Waals surface area (Å²) in [7, 11) is 0. The van der Waals surface area contributed by atoms with Crippen molar-refractivity contribution in [3.8, 4) is 0 Å². The molecule has 0 radical (unpaired) electrons. The standard InChI is InChI=1S/C24H36O6/c1-14(12-21(27)28)8-10-18-15(2)9-11-20-23(5,6)22(30-17(4)26)19(29-16(3)25)13-24(18,20)7/h9,12,18-20,22H,8,10-11,13H2,1-7H3,(H,27,28)/b14-12+/t18-,19+,20-,22+,24+/m1/s1. The highest BCUT2D eigenvalue weighted by Gasteiger charge is 2.60. The summed E-state index contributed by atoms with van der Waals surface area (Å²) in [5, 5.41) is 9.02. The lowest BCUT2D eigenvalue weighted by atomic mass is 9.46. The Balaban J connectivity index is 2.42. The molecule has 0 aromatic carbocycles. The van der Waals surface area contributed by atoms with Crippen molar-refractivity contribution in [3.05, 3.63) is 23.3 Å². The molecule has 6 nitrogen and oxygen atoms in total. The first-order chi connectivity index (χ1) is 13.8. The molecule has 2 aliphatic carbocycles. The molecule has 2 rings (SSSR count). The van der Waals surface area contributed by atoms with Crippen LogP contribution in [0.1, 0.15) is 74.1 Å². The molecule has 0 spiro atoms. The van der Waals surface area contributed by atoms with E-state index in [-0.39, 0.29) is 34.6 Å². The maximum atomic E-state index is 11.8. The van der Waals surface area contributed by atoms with Gasteiger partial charge in [0.05, 0.1) is 0 Å². The van der Waals surface area contributed by atoms with Gasteiger partial charge in [-0.05, 0) is 56.8 Å². The van der Waals surface area contributed by atoms with Crippen LogP contribution in [0.3, 0.4) is 0 Å². The second-order valence-electron chi connectivity index (χ2n) is 9.87. The van der Waals surface area contributed by atoms with E-state index in [4.69, 9.17) is 14.6 Å². The number of carbonyl (C=O) groups excluding carboxylic acids is 2. The molecule has 0 aromatic rings. The van der Waals surface area contributed by atoms with E-state index in [1.807, 2.05) is 6.92 Å². The first-order valence-electron chi connectivity index (χ1n) is 10.7. The monoisotopic (exact) mass is 420 g/mol. The predicted octanol–water partition coefficient (Wildman–Crippen LogP) is 4.68. The fraction of sp³-hybridized carbons (Fsp3) is 0.708. The maximum Gasteiger partial charge on any atom is 0.328 e. The lowest BCUT2D eigenvalue weighted by Crippen LogP contribution is -2.61. The van der Waals surface area contributed by atoms with Crippen molar-refractivity contribution in [2.24, 2.45) is 22.7 Å². The molecule has 0 aromatic heterocycles. The van der Waals surface area contributed by atoms with Gasteiger partial charge in [-0.15, -0.1) is 0 Å². The highest BCUT2D eigenvalue weighted by Crippen LogP contribution is 2.61. The van der Waals surface area contributed by atoms with Crippen LogP contribution in [-0.4, -0.2) is 35.2 Å². The van der Waals surface area contributed by atoms with Crippen molar-refractivity contribution in [3.63, 3.8) is 0 Å². The fourth-order valence-corrected chi connectivity index (χ4v) is 6.07. The molecule has 0 saturated heterocycles. The Morgan fingerprint density at radius 3 is 2.27 bits per heavy atom. The van der Waals surface area contributed by atoms with Crippen molar-refractivity contribution >= 4 is 17.9 Å². The number of aliphatic carboxylic acids is 1. The van der Waals surface area contributed by atoms with E-state index in [9.17, 15) is 14.4 Å². The minimum Gasteiger partial charge on any atom is -0.478 e. The summed E-state index contributed by atoms with van der Waals surface area (Å²) >= 11 is 0. The molecule has 5 atom stereocenters. The van der Waals surface area contributed by atoms with Gasteiger partial charge >= 0.3 is 17.9 Å². The molecule has 0 heterocycles. The summed E-state index contributed by atoms with van der Waals surface area (Å²) in [5.41, 5.74) is 1.58. The van der Waals surface area contributed by atoms with E-state index in [0.717, 1.165) is 18.4 Å². The topological polar surface area (TPSA) is 89.9 Å². The van der Waals surface area contributed by atoms with Gasteiger partial charge in [0.15, 0.2) is 0 Å². The second-order valence-corrected chi connectivity index (χ2v) is 9.87. The Hall–Kier alpha value is -2.11. The largest absolute Gasteiger partial charge is 0.478 e. The van der Waals surface area contributed by atoms with Crippen LogP contribution in [-0.2, 0) is 23.9 Å². The first kappa shape index (κ1) is 24.2. The Labute approximate surface area is 179 Å². The number of hydrogen-bond donors (Lipinski definition) is 1. The molecule has 1 fully saturated rings. The number of carbonyl (C=O) groups is 3. The maximum absolute atomic E-state index is 11.8.